The highest BCUT2D eigenvalue weighted by Crippen LogP contribution is 2.07. The fourth-order valence-corrected chi connectivity index (χ4v) is 3.51. The second-order valence-electron chi connectivity index (χ2n) is 9.64. The van der Waals surface area contributed by atoms with Crippen LogP contribution in [0.25, 0.3) is 0 Å². The zero-order chi connectivity index (χ0) is 31.5. The molecule has 0 bridgehead atoms. The van der Waals surface area contributed by atoms with Crippen molar-refractivity contribution < 1.29 is 24.3 Å². The van der Waals surface area contributed by atoms with Gasteiger partial charge in [0, 0.05) is 19.6 Å². The Labute approximate surface area is 239 Å². The van der Waals surface area contributed by atoms with Crippen molar-refractivity contribution in [1.82, 2.24) is 16.0 Å². The van der Waals surface area contributed by atoms with E-state index in [4.69, 9.17) is 40.1 Å². The number of aliphatic carboxylic acids is 1. The molecule has 0 saturated carbocycles. The Morgan fingerprint density at radius 1 is 0.634 bits per heavy atom. The summed E-state index contributed by atoms with van der Waals surface area (Å²) in [5, 5.41) is 17.1. The zero-order valence-electron chi connectivity index (χ0n) is 23.7. The van der Waals surface area contributed by atoms with Crippen LogP contribution in [0.5, 0.6) is 0 Å². The highest BCUT2D eigenvalue weighted by Gasteiger charge is 2.31. The number of hydrogen-bond acceptors (Lipinski definition) is 8. The van der Waals surface area contributed by atoms with E-state index in [2.05, 4.69) is 30.9 Å². The Hall–Kier alpha value is -4.35. The van der Waals surface area contributed by atoms with Gasteiger partial charge in [-0.25, -0.2) is 4.79 Å². The third-order valence-electron chi connectivity index (χ3n) is 5.69. The number of hydrogen-bond donors (Lipinski definition) is 11. The lowest BCUT2D eigenvalue weighted by molar-refractivity contribution is -0.143. The van der Waals surface area contributed by atoms with E-state index in [1.54, 1.807) is 13.8 Å². The number of carboxylic acids is 1. The van der Waals surface area contributed by atoms with E-state index >= 15 is 0 Å². The van der Waals surface area contributed by atoms with Gasteiger partial charge in [0.15, 0.2) is 17.9 Å². The van der Waals surface area contributed by atoms with Gasteiger partial charge < -0.3 is 61.2 Å². The molecule has 0 aromatic carbocycles. The van der Waals surface area contributed by atoms with Gasteiger partial charge in [0.25, 0.3) is 0 Å². The standard InChI is InChI=1S/C23H47N13O5/c1-12(2)16(20(40)41)36-19(39)15(8-5-11-33-23(29)30)35-18(38)14(7-4-10-32-22(27)28)34-17(37)13(24)6-3-9-31-21(25)26/h12-16H,3-11,24H2,1-2H3,(H,34,37)(H,35,38)(H,36,39)(H,40,41)(H4,25,26,31)(H4,27,28,32)(H4,29,30,33). The number of carbonyl (C=O) groups is 4. The van der Waals surface area contributed by atoms with Crippen molar-refractivity contribution in [2.24, 2.45) is 61.0 Å². The van der Waals surface area contributed by atoms with Gasteiger partial charge in [-0.2, -0.15) is 0 Å². The highest BCUT2D eigenvalue weighted by molar-refractivity contribution is 5.94. The molecular formula is C23H47N13O5. The van der Waals surface area contributed by atoms with Gasteiger partial charge in [-0.3, -0.25) is 29.4 Å². The normalized spacial score (nSPS) is 13.6. The van der Waals surface area contributed by atoms with Gasteiger partial charge in [0.05, 0.1) is 6.04 Å². The summed E-state index contributed by atoms with van der Waals surface area (Å²) in [4.78, 5) is 62.3. The van der Waals surface area contributed by atoms with E-state index in [0.29, 0.717) is 12.8 Å². The summed E-state index contributed by atoms with van der Waals surface area (Å²) < 4.78 is 0. The molecule has 4 unspecified atom stereocenters. The van der Waals surface area contributed by atoms with E-state index in [0.717, 1.165) is 0 Å². The number of carboxylic acid groups (broad SMARTS) is 1. The summed E-state index contributed by atoms with van der Waals surface area (Å²) >= 11 is 0. The molecule has 18 heteroatoms. The second-order valence-corrected chi connectivity index (χ2v) is 9.64. The summed E-state index contributed by atoms with van der Waals surface area (Å²) in [5.41, 5.74) is 37.9. The van der Waals surface area contributed by atoms with Crippen molar-refractivity contribution in [3.63, 3.8) is 0 Å². The van der Waals surface area contributed by atoms with Crippen molar-refractivity contribution in [3.8, 4) is 0 Å². The van der Waals surface area contributed by atoms with Crippen LogP contribution in [0.4, 0.5) is 0 Å². The van der Waals surface area contributed by atoms with Crippen LogP contribution in [-0.2, 0) is 19.2 Å². The quantitative estimate of drug-likeness (QED) is 0.0367. The first-order valence-electron chi connectivity index (χ1n) is 13.2. The van der Waals surface area contributed by atoms with Crippen LogP contribution in [0.15, 0.2) is 15.0 Å². The first-order valence-corrected chi connectivity index (χ1v) is 13.2. The molecule has 4 atom stereocenters. The predicted octanol–water partition coefficient (Wildman–Crippen LogP) is -4.33. The number of carbonyl (C=O) groups excluding carboxylic acids is 3. The number of nitrogens with one attached hydrogen (secondary N) is 3. The smallest absolute Gasteiger partial charge is 0.326 e. The molecule has 0 aromatic heterocycles. The maximum absolute atomic E-state index is 13.3. The minimum atomic E-state index is -1.22. The van der Waals surface area contributed by atoms with E-state index in [1.165, 1.54) is 0 Å². The average molecular weight is 586 g/mol. The fraction of sp³-hybridized carbons (Fsp3) is 0.696. The Morgan fingerprint density at radius 3 is 1.37 bits per heavy atom. The second kappa shape index (κ2) is 19.7. The molecule has 0 aliphatic carbocycles. The maximum atomic E-state index is 13.3. The molecule has 0 spiro atoms. The summed E-state index contributed by atoms with van der Waals surface area (Å²) in [6, 6.07) is -4.40. The van der Waals surface area contributed by atoms with Crippen LogP contribution < -0.4 is 56.1 Å². The number of nitrogens with two attached hydrogens (primary N) is 7. The molecule has 0 radical (unpaired) electrons. The first-order chi connectivity index (χ1) is 19.1. The lowest BCUT2D eigenvalue weighted by Crippen LogP contribution is -2.57. The molecule has 0 aliphatic rings. The lowest BCUT2D eigenvalue weighted by Gasteiger charge is -2.26. The molecule has 0 saturated heterocycles. The van der Waals surface area contributed by atoms with E-state index in [9.17, 15) is 24.3 Å². The number of guanidine groups is 3. The van der Waals surface area contributed by atoms with Gasteiger partial charge in [-0.15, -0.1) is 0 Å². The summed E-state index contributed by atoms with van der Waals surface area (Å²) in [6.07, 6.45) is 1.46. The highest BCUT2D eigenvalue weighted by atomic mass is 16.4. The van der Waals surface area contributed by atoms with Crippen LogP contribution >= 0.6 is 0 Å². The topological polar surface area (TPSA) is 344 Å². The number of rotatable bonds is 20. The van der Waals surface area contributed by atoms with Gasteiger partial charge in [-0.05, 0) is 44.4 Å². The molecular weight excluding hydrogens is 538 g/mol. The minimum absolute atomic E-state index is 0.0811. The largest absolute Gasteiger partial charge is 0.480 e. The summed E-state index contributed by atoms with van der Waals surface area (Å²) in [6.45, 7) is 3.89. The van der Waals surface area contributed by atoms with Gasteiger partial charge in [0.1, 0.15) is 18.1 Å². The van der Waals surface area contributed by atoms with Gasteiger partial charge in [-0.1, -0.05) is 13.8 Å². The number of nitrogens with zero attached hydrogens (tertiary/aromatic N) is 3. The third-order valence-corrected chi connectivity index (χ3v) is 5.69. The average Bonchev–Trinajstić information content (AvgIpc) is 2.87. The summed E-state index contributed by atoms with van der Waals surface area (Å²) in [5.74, 6) is -4.01. The van der Waals surface area contributed by atoms with Gasteiger partial charge in [0.2, 0.25) is 17.7 Å². The van der Waals surface area contributed by atoms with Crippen molar-refractivity contribution >= 4 is 41.6 Å². The Kier molecular flexibility index (Phi) is 17.6. The van der Waals surface area contributed by atoms with Gasteiger partial charge >= 0.3 is 5.97 Å². The Bertz CT molecular complexity index is 942. The van der Waals surface area contributed by atoms with Crippen LogP contribution in [-0.4, -0.2) is 90.5 Å². The molecule has 18 nitrogen and oxygen atoms in total. The molecule has 0 rings (SSSR count). The lowest BCUT2D eigenvalue weighted by atomic mass is 10.0. The van der Waals surface area contributed by atoms with Crippen LogP contribution in [0.1, 0.15) is 52.4 Å². The predicted molar refractivity (Wildman–Crippen MR) is 156 cm³/mol. The Balaban J connectivity index is 5.71. The molecule has 18 N–H and O–H groups in total. The van der Waals surface area contributed by atoms with Crippen molar-refractivity contribution in [3.05, 3.63) is 0 Å². The van der Waals surface area contributed by atoms with E-state index < -0.39 is 53.8 Å². The third kappa shape index (κ3) is 17.1. The minimum Gasteiger partial charge on any atom is -0.480 e. The number of aliphatic imine (C=N–C) groups is 3. The van der Waals surface area contributed by atoms with E-state index in [-0.39, 0.29) is 63.2 Å². The van der Waals surface area contributed by atoms with E-state index in [1.807, 2.05) is 0 Å². The fourth-order valence-electron chi connectivity index (χ4n) is 3.51. The maximum Gasteiger partial charge on any atom is 0.326 e. The molecule has 0 heterocycles. The molecule has 0 aromatic rings. The van der Waals surface area contributed by atoms with Crippen molar-refractivity contribution in [2.75, 3.05) is 19.6 Å². The molecule has 3 amide bonds. The molecule has 0 fully saturated rings. The Morgan fingerprint density at radius 2 is 1.00 bits per heavy atom. The van der Waals surface area contributed by atoms with Crippen LogP contribution in [0, 0.1) is 5.92 Å². The number of amides is 3. The zero-order valence-corrected chi connectivity index (χ0v) is 23.7. The van der Waals surface area contributed by atoms with Crippen molar-refractivity contribution in [2.45, 2.75) is 76.5 Å². The molecule has 0 aliphatic heterocycles. The van der Waals surface area contributed by atoms with Crippen LogP contribution in [0.3, 0.4) is 0 Å². The first kappa shape index (κ1) is 36.6. The summed E-state index contributed by atoms with van der Waals surface area (Å²) in [7, 11) is 0. The molecule has 234 valence electrons. The SMILES string of the molecule is CC(C)C(NC(=O)C(CCCN=C(N)N)NC(=O)C(CCCN=C(N)N)NC(=O)C(N)CCCN=C(N)N)C(=O)O. The monoisotopic (exact) mass is 585 g/mol. The van der Waals surface area contributed by atoms with Crippen molar-refractivity contribution in [1.29, 1.82) is 0 Å². The van der Waals surface area contributed by atoms with Crippen LogP contribution in [0.2, 0.25) is 0 Å². The molecule has 41 heavy (non-hydrogen) atoms.